The van der Waals surface area contributed by atoms with Crippen LogP contribution >= 0.6 is 45.3 Å². The molecule has 0 saturated heterocycles. The van der Waals surface area contributed by atoms with E-state index in [9.17, 15) is 0 Å². The highest BCUT2D eigenvalue weighted by molar-refractivity contribution is 7.29. The van der Waals surface area contributed by atoms with Crippen molar-refractivity contribution < 1.29 is 18.9 Å². The first kappa shape index (κ1) is 89.5. The van der Waals surface area contributed by atoms with E-state index in [0.717, 1.165) is 205 Å². The minimum Gasteiger partial charge on any atom is -0.493 e. The summed E-state index contributed by atoms with van der Waals surface area (Å²) in [6.45, 7) is 36.6. The van der Waals surface area contributed by atoms with Gasteiger partial charge in [0.2, 0.25) is 0 Å². The predicted octanol–water partition coefficient (Wildman–Crippen LogP) is 31.1. The first-order valence-corrected chi connectivity index (χ1v) is 48.3. The summed E-state index contributed by atoms with van der Waals surface area (Å²) in [5, 5.41) is 3.77. The molecule has 0 amide bonds. The zero-order valence-corrected chi connectivity index (χ0v) is 75.0. The Bertz CT molecular complexity index is 4270. The zero-order chi connectivity index (χ0) is 79.1. The second-order valence-corrected chi connectivity index (χ2v) is 38.3. The lowest BCUT2D eigenvalue weighted by Crippen LogP contribution is -2.22. The van der Waals surface area contributed by atoms with Crippen molar-refractivity contribution in [2.75, 3.05) is 26.4 Å². The fourth-order valence-corrected chi connectivity index (χ4v) is 21.1. The topological polar surface area (TPSA) is 80.9 Å². The van der Waals surface area contributed by atoms with Crippen molar-refractivity contribution in [2.45, 2.75) is 358 Å². The van der Waals surface area contributed by atoms with Crippen LogP contribution in [0.1, 0.15) is 343 Å². The first-order valence-electron chi connectivity index (χ1n) is 45.1. The molecule has 3 aromatic carbocycles. The Hall–Kier alpha value is -5.40. The summed E-state index contributed by atoms with van der Waals surface area (Å²) in [4.78, 5) is 38.4. The van der Waals surface area contributed by atoms with Gasteiger partial charge in [-0.3, -0.25) is 9.59 Å². The monoisotopic (exact) mass is 1590 g/mol. The van der Waals surface area contributed by atoms with Gasteiger partial charge in [-0.25, -0.2) is 0 Å². The predicted molar refractivity (Wildman–Crippen MR) is 488 cm³/mol. The molecule has 111 heavy (non-hydrogen) atoms. The van der Waals surface area contributed by atoms with Crippen LogP contribution in [0, 0.1) is 23.7 Å². The van der Waals surface area contributed by atoms with Gasteiger partial charge in [0.15, 0.2) is 0 Å². The molecule has 0 N–H and O–H groups in total. The van der Waals surface area contributed by atoms with Gasteiger partial charge in [0.05, 0.1) is 48.2 Å². The molecule has 0 fully saturated rings. The minimum absolute atomic E-state index is 0.0825. The molecule has 9 aromatic rings. The van der Waals surface area contributed by atoms with Crippen LogP contribution in [-0.4, -0.2) is 35.6 Å². The first-order chi connectivity index (χ1) is 54.0. The average Bonchev–Trinajstić information content (AvgIpc) is 1.69. The number of ether oxygens (including phenoxy) is 4. The highest BCUT2D eigenvalue weighted by atomic mass is 32.1. The highest BCUT2D eigenvalue weighted by Gasteiger charge is 2.28. The third-order valence-corrected chi connectivity index (χ3v) is 30.8. The number of aryl methyl sites for hydroxylation is 4. The van der Waals surface area contributed by atoms with Crippen LogP contribution in [0.15, 0.2) is 94.5 Å². The number of thiophene rings is 4. The van der Waals surface area contributed by atoms with Gasteiger partial charge in [-0.1, -0.05) is 251 Å². The van der Waals surface area contributed by atoms with Crippen molar-refractivity contribution in [3.8, 4) is 42.5 Å². The van der Waals surface area contributed by atoms with Crippen LogP contribution in [0.4, 0.5) is 0 Å². The summed E-state index contributed by atoms with van der Waals surface area (Å²) in [6.07, 6.45) is 42.9. The number of unbranched alkanes of at least 4 members (excludes halogenated alkanes) is 18. The zero-order valence-electron chi connectivity index (χ0n) is 71.8. The maximum absolute atomic E-state index is 15.5. The number of hydrogen-bond donors (Lipinski definition) is 0. The number of hydrogen-bond acceptors (Lipinski definition) is 10. The van der Waals surface area contributed by atoms with Crippen molar-refractivity contribution in [1.29, 1.82) is 0 Å². The van der Waals surface area contributed by atoms with Crippen LogP contribution in [-0.2, 0) is 36.8 Å². The van der Waals surface area contributed by atoms with E-state index < -0.39 is 0 Å². The van der Waals surface area contributed by atoms with E-state index in [1.807, 2.05) is 22.7 Å². The number of pyridine rings is 2. The van der Waals surface area contributed by atoms with Gasteiger partial charge >= 0.3 is 0 Å². The van der Waals surface area contributed by atoms with Gasteiger partial charge in [0.1, 0.15) is 23.0 Å². The van der Waals surface area contributed by atoms with Gasteiger partial charge in [0, 0.05) is 80.1 Å². The summed E-state index contributed by atoms with van der Waals surface area (Å²) < 4.78 is 32.5. The molecule has 0 saturated carbocycles. The molecule has 9 rings (SSSR count). The van der Waals surface area contributed by atoms with E-state index in [4.69, 9.17) is 18.9 Å². The summed E-state index contributed by atoms with van der Waals surface area (Å²) in [7, 11) is 0. The second kappa shape index (κ2) is 46.4. The Morgan fingerprint density at radius 3 is 1.06 bits per heavy atom. The molecular weight excluding hydrogens is 1440 g/mol. The van der Waals surface area contributed by atoms with E-state index in [0.29, 0.717) is 36.8 Å². The summed E-state index contributed by atoms with van der Waals surface area (Å²) in [5.74, 6) is 6.17. The fourth-order valence-electron chi connectivity index (χ4n) is 16.1. The van der Waals surface area contributed by atoms with E-state index in [-0.39, 0.29) is 21.9 Å². The van der Waals surface area contributed by atoms with Gasteiger partial charge in [-0.05, 0) is 196 Å². The highest BCUT2D eigenvalue weighted by Crippen LogP contribution is 2.47. The van der Waals surface area contributed by atoms with Crippen LogP contribution in [0.2, 0.25) is 0 Å². The number of fused-ring (bicyclic) bond motifs is 6. The maximum atomic E-state index is 15.5. The normalized spacial score (nSPS) is 13.4. The van der Waals surface area contributed by atoms with Gasteiger partial charge in [-0.15, -0.1) is 45.3 Å². The molecule has 0 aliphatic rings. The Balaban J connectivity index is 0.893. The fraction of sp³-hybridized carbons (Fsp3) is 0.636. The van der Waals surface area contributed by atoms with Gasteiger partial charge in [-0.2, -0.15) is 0 Å². The molecule has 0 aliphatic heterocycles. The second-order valence-electron chi connectivity index (χ2n) is 34.0. The summed E-state index contributed by atoms with van der Waals surface area (Å²) in [5.41, 5.74) is 4.92. The van der Waals surface area contributed by atoms with Crippen LogP contribution < -0.4 is 30.1 Å². The van der Waals surface area contributed by atoms with Crippen molar-refractivity contribution in [1.82, 2.24) is 9.13 Å². The minimum atomic E-state index is -0.0825. The van der Waals surface area contributed by atoms with Crippen LogP contribution in [0.3, 0.4) is 0 Å². The molecule has 0 spiro atoms. The molecule has 4 atom stereocenters. The molecule has 4 unspecified atom stereocenters. The molecule has 8 nitrogen and oxygen atoms in total. The molecular formula is C99H146N2O6S4. The molecule has 6 heterocycles. The van der Waals surface area contributed by atoms with Crippen LogP contribution in [0.5, 0.6) is 23.0 Å². The standard InChI is InChI=1S/C99H146N2O6S4/c1-15-26-46-72(19-5)68-104-78-58-76(59-79(62-78)105-69-73(20-6)47-27-16-2)50-42-38-34-30-32-36-40-44-56-100-86-65-83-87(64-82(86)94-84(96(100)102)66-91(110-94)90-53-52-88(108-90)89-54-55-92(109-89)99(14,24-10)25-11)101(97(103)85-67-93(111-95(83)85)98(12,13)23-9)57-45-41-37-33-31-35-39-43-51-77-60-80(106-70-74(21-7)48-28-17-3)63-81(61-77)107-71-75(22-8)49-29-18-4/h52-55,58-67,72-75H,15-51,56-57,68-71H2,1-14H3. The smallest absolute Gasteiger partial charge is 0.259 e. The lowest BCUT2D eigenvalue weighted by atomic mass is 9.83. The number of benzene rings is 3. The van der Waals surface area contributed by atoms with E-state index in [1.54, 1.807) is 22.7 Å². The third-order valence-electron chi connectivity index (χ3n) is 25.2. The van der Waals surface area contributed by atoms with Crippen molar-refractivity contribution in [2.24, 2.45) is 23.7 Å². The molecule has 612 valence electrons. The van der Waals surface area contributed by atoms with Gasteiger partial charge in [0.25, 0.3) is 11.1 Å². The molecule has 12 heteroatoms. The summed E-state index contributed by atoms with van der Waals surface area (Å²) in [6, 6.07) is 31.7. The van der Waals surface area contributed by atoms with E-state index in [2.05, 4.69) is 191 Å². The maximum Gasteiger partial charge on any atom is 0.259 e. The summed E-state index contributed by atoms with van der Waals surface area (Å²) >= 11 is 7.31. The van der Waals surface area contributed by atoms with Crippen LogP contribution in [0.25, 0.3) is 61.5 Å². The van der Waals surface area contributed by atoms with E-state index >= 15 is 9.59 Å². The molecule has 0 bridgehead atoms. The third kappa shape index (κ3) is 25.5. The number of rotatable bonds is 57. The molecule has 0 radical (unpaired) electrons. The number of nitrogens with zero attached hydrogens (tertiary/aromatic N) is 2. The Labute approximate surface area is 688 Å². The lowest BCUT2D eigenvalue weighted by Gasteiger charge is -2.24. The molecule has 0 aliphatic carbocycles. The van der Waals surface area contributed by atoms with Gasteiger partial charge < -0.3 is 28.1 Å². The Kier molecular flexibility index (Phi) is 37.4. The molecule has 6 aromatic heterocycles. The largest absolute Gasteiger partial charge is 0.493 e. The quantitative estimate of drug-likeness (QED) is 0.0279. The van der Waals surface area contributed by atoms with E-state index in [1.165, 1.54) is 164 Å². The Morgan fingerprint density at radius 2 is 0.685 bits per heavy atom. The SMILES string of the molecule is CCCCC(CC)COc1cc(CCCCCCCCCCn2c(=O)c3cc(-c4ccc(-c5ccc(C(C)(CC)CC)s5)s4)sc3c3cc4c(cc32)c2sc(C(C)(C)CC)cc2c(=O)n4CCCCCCCCCCc2cc(OCC(CC)CCCC)cc(OCC(CC)CCCC)c2)cc(OCC(CC)CCCC)c1. The Morgan fingerprint density at radius 1 is 0.333 bits per heavy atom. The number of aromatic nitrogens is 2. The van der Waals surface area contributed by atoms with Crippen molar-refractivity contribution in [3.05, 3.63) is 127 Å². The van der Waals surface area contributed by atoms with Crippen molar-refractivity contribution in [3.63, 3.8) is 0 Å². The lowest BCUT2D eigenvalue weighted by molar-refractivity contribution is 0.222. The van der Waals surface area contributed by atoms with Crippen molar-refractivity contribution >= 4 is 87.3 Å². The average molecular weight is 1590 g/mol.